The van der Waals surface area contributed by atoms with Crippen molar-refractivity contribution >= 4 is 17.5 Å². The van der Waals surface area contributed by atoms with Gasteiger partial charge in [-0.25, -0.2) is 0 Å². The van der Waals surface area contributed by atoms with Crippen LogP contribution in [0.15, 0.2) is 42.5 Å². The van der Waals surface area contributed by atoms with Crippen LogP contribution in [0.3, 0.4) is 0 Å². The maximum absolute atomic E-state index is 12.5. The molecule has 0 fully saturated rings. The van der Waals surface area contributed by atoms with Crippen molar-refractivity contribution in [2.24, 2.45) is 5.41 Å². The van der Waals surface area contributed by atoms with Gasteiger partial charge in [-0.3, -0.25) is 9.59 Å². The summed E-state index contributed by atoms with van der Waals surface area (Å²) in [6.07, 6.45) is 0. The second-order valence-electron chi connectivity index (χ2n) is 7.15. The van der Waals surface area contributed by atoms with E-state index in [2.05, 4.69) is 10.6 Å². The molecule has 0 heterocycles. The molecule has 0 unspecified atom stereocenters. The molecule has 6 nitrogen and oxygen atoms in total. The zero-order chi connectivity index (χ0) is 20.0. The fourth-order valence-corrected chi connectivity index (χ4v) is 2.33. The highest BCUT2D eigenvalue weighted by Gasteiger charge is 2.21. The van der Waals surface area contributed by atoms with Crippen LogP contribution < -0.4 is 20.1 Å². The van der Waals surface area contributed by atoms with Crippen molar-refractivity contribution in [3.05, 3.63) is 53.6 Å². The Labute approximate surface area is 159 Å². The van der Waals surface area contributed by atoms with Crippen LogP contribution in [0.1, 0.15) is 36.7 Å². The van der Waals surface area contributed by atoms with Crippen molar-refractivity contribution in [2.45, 2.75) is 27.3 Å². The van der Waals surface area contributed by atoms with Gasteiger partial charge in [0, 0.05) is 34.8 Å². The molecule has 2 N–H and O–H groups in total. The van der Waals surface area contributed by atoms with Crippen LogP contribution in [0.25, 0.3) is 0 Å². The van der Waals surface area contributed by atoms with Crippen molar-refractivity contribution < 1.29 is 19.1 Å². The molecule has 0 saturated heterocycles. The van der Waals surface area contributed by atoms with Gasteiger partial charge in [0.05, 0.1) is 14.2 Å². The van der Waals surface area contributed by atoms with E-state index in [1.54, 1.807) is 44.6 Å². The zero-order valence-corrected chi connectivity index (χ0v) is 16.4. The smallest absolute Gasteiger partial charge is 0.251 e. The summed E-state index contributed by atoms with van der Waals surface area (Å²) in [4.78, 5) is 24.6. The van der Waals surface area contributed by atoms with E-state index in [4.69, 9.17) is 9.47 Å². The fraction of sp³-hybridized carbons (Fsp3) is 0.333. The second kappa shape index (κ2) is 8.58. The van der Waals surface area contributed by atoms with Gasteiger partial charge in [0.2, 0.25) is 5.91 Å². The van der Waals surface area contributed by atoms with E-state index in [0.29, 0.717) is 29.3 Å². The zero-order valence-electron chi connectivity index (χ0n) is 16.4. The lowest BCUT2D eigenvalue weighted by Crippen LogP contribution is -2.28. The number of carbonyl (C=O) groups is 2. The predicted molar refractivity (Wildman–Crippen MR) is 105 cm³/mol. The maximum Gasteiger partial charge on any atom is 0.251 e. The lowest BCUT2D eigenvalue weighted by Gasteiger charge is -2.18. The van der Waals surface area contributed by atoms with E-state index in [9.17, 15) is 9.59 Å². The summed E-state index contributed by atoms with van der Waals surface area (Å²) in [7, 11) is 3.16. The second-order valence-corrected chi connectivity index (χ2v) is 7.15. The van der Waals surface area contributed by atoms with Gasteiger partial charge in [0.15, 0.2) is 0 Å². The van der Waals surface area contributed by atoms with E-state index < -0.39 is 5.41 Å². The van der Waals surface area contributed by atoms with Crippen LogP contribution in [-0.4, -0.2) is 26.0 Å². The van der Waals surface area contributed by atoms with Crippen LogP contribution in [0.4, 0.5) is 5.69 Å². The fourth-order valence-electron chi connectivity index (χ4n) is 2.33. The number of nitrogens with one attached hydrogen (secondary N) is 2. The monoisotopic (exact) mass is 370 g/mol. The Morgan fingerprint density at radius 1 is 1.00 bits per heavy atom. The van der Waals surface area contributed by atoms with Gasteiger partial charge in [-0.05, 0) is 30.3 Å². The quantitative estimate of drug-likeness (QED) is 0.814. The molecule has 0 spiro atoms. The SMILES string of the molecule is COc1ccc(CNC(=O)c2cccc(NC(=O)C(C)(C)C)c2)c(OC)c1. The largest absolute Gasteiger partial charge is 0.497 e. The number of rotatable bonds is 6. The molecule has 0 atom stereocenters. The summed E-state index contributed by atoms with van der Waals surface area (Å²) in [5.41, 5.74) is 1.38. The summed E-state index contributed by atoms with van der Waals surface area (Å²) < 4.78 is 10.5. The summed E-state index contributed by atoms with van der Waals surface area (Å²) in [5.74, 6) is 0.979. The minimum atomic E-state index is -0.511. The summed E-state index contributed by atoms with van der Waals surface area (Å²) in [6.45, 7) is 5.81. The van der Waals surface area contributed by atoms with Crippen molar-refractivity contribution in [3.63, 3.8) is 0 Å². The molecule has 0 radical (unpaired) electrons. The molecular formula is C21H26N2O4. The molecule has 0 aliphatic rings. The minimum Gasteiger partial charge on any atom is -0.497 e. The average Bonchev–Trinajstić information content (AvgIpc) is 2.65. The highest BCUT2D eigenvalue weighted by molar-refractivity contribution is 5.98. The van der Waals surface area contributed by atoms with E-state index in [-0.39, 0.29) is 11.8 Å². The molecular weight excluding hydrogens is 344 g/mol. The Hall–Kier alpha value is -3.02. The Balaban J connectivity index is 2.06. The molecule has 0 aliphatic carbocycles. The highest BCUT2D eigenvalue weighted by atomic mass is 16.5. The van der Waals surface area contributed by atoms with Gasteiger partial charge in [-0.2, -0.15) is 0 Å². The maximum atomic E-state index is 12.5. The van der Waals surface area contributed by atoms with Gasteiger partial charge in [0.25, 0.3) is 5.91 Å². The lowest BCUT2D eigenvalue weighted by molar-refractivity contribution is -0.123. The molecule has 2 aromatic rings. The van der Waals surface area contributed by atoms with Crippen LogP contribution in [-0.2, 0) is 11.3 Å². The average molecular weight is 370 g/mol. The topological polar surface area (TPSA) is 76.7 Å². The summed E-state index contributed by atoms with van der Waals surface area (Å²) in [5, 5.41) is 5.69. The molecule has 0 bridgehead atoms. The van der Waals surface area contributed by atoms with Gasteiger partial charge in [0.1, 0.15) is 11.5 Å². The predicted octanol–water partition coefficient (Wildman–Crippen LogP) is 3.62. The Morgan fingerprint density at radius 3 is 2.37 bits per heavy atom. The van der Waals surface area contributed by atoms with Crippen LogP contribution in [0.5, 0.6) is 11.5 Å². The number of methoxy groups -OCH3 is 2. The normalized spacial score (nSPS) is 10.9. The number of hydrogen-bond acceptors (Lipinski definition) is 4. The summed E-state index contributed by atoms with van der Waals surface area (Å²) in [6, 6.07) is 12.3. The van der Waals surface area contributed by atoms with Crippen molar-refractivity contribution in [1.29, 1.82) is 0 Å². The number of anilines is 1. The number of carbonyl (C=O) groups excluding carboxylic acids is 2. The molecule has 2 aromatic carbocycles. The third-order valence-corrected chi connectivity index (χ3v) is 4.00. The molecule has 6 heteroatoms. The number of amides is 2. The Kier molecular flexibility index (Phi) is 6.45. The van der Waals surface area contributed by atoms with Gasteiger partial charge >= 0.3 is 0 Å². The third kappa shape index (κ3) is 5.48. The summed E-state index contributed by atoms with van der Waals surface area (Å²) >= 11 is 0. The first kappa shape index (κ1) is 20.3. The van der Waals surface area contributed by atoms with Crippen molar-refractivity contribution in [1.82, 2.24) is 5.32 Å². The number of ether oxygens (including phenoxy) is 2. The first-order valence-corrected chi connectivity index (χ1v) is 8.65. The number of hydrogen-bond donors (Lipinski definition) is 2. The number of benzene rings is 2. The van der Waals surface area contributed by atoms with E-state index in [1.165, 1.54) is 0 Å². The molecule has 0 saturated carbocycles. The highest BCUT2D eigenvalue weighted by Crippen LogP contribution is 2.24. The van der Waals surface area contributed by atoms with Crippen molar-refractivity contribution in [2.75, 3.05) is 19.5 Å². The third-order valence-electron chi connectivity index (χ3n) is 4.00. The van der Waals surface area contributed by atoms with Crippen LogP contribution in [0, 0.1) is 5.41 Å². The van der Waals surface area contributed by atoms with Crippen LogP contribution in [0.2, 0.25) is 0 Å². The molecule has 2 amide bonds. The molecule has 27 heavy (non-hydrogen) atoms. The Bertz CT molecular complexity index is 825. The first-order chi connectivity index (χ1) is 12.7. The molecule has 0 aromatic heterocycles. The first-order valence-electron chi connectivity index (χ1n) is 8.65. The van der Waals surface area contributed by atoms with Gasteiger partial charge < -0.3 is 20.1 Å². The standard InChI is InChI=1S/C21H26N2O4/c1-21(2,3)20(25)23-16-8-6-7-14(11-16)19(24)22-13-15-9-10-17(26-4)12-18(15)27-5/h6-12H,13H2,1-5H3,(H,22,24)(H,23,25). The van der Waals surface area contributed by atoms with E-state index >= 15 is 0 Å². The van der Waals surface area contributed by atoms with Gasteiger partial charge in [-0.15, -0.1) is 0 Å². The van der Waals surface area contributed by atoms with E-state index in [0.717, 1.165) is 5.56 Å². The molecule has 2 rings (SSSR count). The molecule has 0 aliphatic heterocycles. The van der Waals surface area contributed by atoms with Gasteiger partial charge in [-0.1, -0.05) is 26.8 Å². The van der Waals surface area contributed by atoms with Crippen molar-refractivity contribution in [3.8, 4) is 11.5 Å². The lowest BCUT2D eigenvalue weighted by atomic mass is 9.95. The van der Waals surface area contributed by atoms with E-state index in [1.807, 2.05) is 32.9 Å². The minimum absolute atomic E-state index is 0.108. The Morgan fingerprint density at radius 2 is 1.74 bits per heavy atom. The van der Waals surface area contributed by atoms with Crippen LogP contribution >= 0.6 is 0 Å². The molecule has 144 valence electrons.